The van der Waals surface area contributed by atoms with Crippen LogP contribution in [0.4, 0.5) is 5.13 Å². The zero-order chi connectivity index (χ0) is 25.8. The van der Waals surface area contributed by atoms with Gasteiger partial charge in [0.1, 0.15) is 5.75 Å². The maximum atomic E-state index is 11.1. The summed E-state index contributed by atoms with van der Waals surface area (Å²) in [6.45, 7) is 2.40. The molecule has 0 radical (unpaired) electrons. The van der Waals surface area contributed by atoms with E-state index in [-0.39, 0.29) is 11.8 Å². The fourth-order valence-electron chi connectivity index (χ4n) is 5.10. The Morgan fingerprint density at radius 2 is 1.78 bits per heavy atom. The summed E-state index contributed by atoms with van der Waals surface area (Å²) in [5, 5.41) is 11.4. The number of piperidine rings is 1. The van der Waals surface area contributed by atoms with Gasteiger partial charge in [-0.2, -0.15) is 0 Å². The normalized spacial score (nSPS) is 15.1. The molecule has 4 aromatic rings. The van der Waals surface area contributed by atoms with E-state index in [1.54, 1.807) is 29.5 Å². The Kier molecular flexibility index (Phi) is 7.89. The number of halogens is 2. The van der Waals surface area contributed by atoms with Crippen molar-refractivity contribution in [2.75, 3.05) is 24.6 Å². The number of aliphatic carboxylic acids is 1. The summed E-state index contributed by atoms with van der Waals surface area (Å²) in [4.78, 5) is 18.4. The van der Waals surface area contributed by atoms with Crippen LogP contribution >= 0.6 is 34.5 Å². The first kappa shape index (κ1) is 25.8. The molecule has 1 saturated heterocycles. The summed E-state index contributed by atoms with van der Waals surface area (Å²) < 4.78 is 7.24. The van der Waals surface area contributed by atoms with Crippen LogP contribution in [0.5, 0.6) is 5.75 Å². The molecule has 37 heavy (non-hydrogen) atoms. The monoisotopic (exact) mass is 554 g/mol. The van der Waals surface area contributed by atoms with Gasteiger partial charge in [-0.15, -0.1) is 0 Å². The van der Waals surface area contributed by atoms with Crippen molar-refractivity contribution in [2.45, 2.75) is 32.1 Å². The van der Waals surface area contributed by atoms with Crippen molar-refractivity contribution in [2.24, 2.45) is 5.41 Å². The number of anilines is 1. The molecule has 0 spiro atoms. The molecule has 0 unspecified atom stereocenters. The topological polar surface area (TPSA) is 62.7 Å². The van der Waals surface area contributed by atoms with E-state index in [4.69, 9.17) is 38.0 Å². The van der Waals surface area contributed by atoms with Crippen LogP contribution in [-0.2, 0) is 17.6 Å². The first-order valence-electron chi connectivity index (χ1n) is 12.4. The van der Waals surface area contributed by atoms with Crippen molar-refractivity contribution in [3.8, 4) is 5.75 Å². The van der Waals surface area contributed by atoms with Crippen molar-refractivity contribution >= 4 is 55.9 Å². The van der Waals surface area contributed by atoms with Gasteiger partial charge in [-0.25, -0.2) is 4.98 Å². The molecule has 2 heterocycles. The highest BCUT2D eigenvalue weighted by Crippen LogP contribution is 2.41. The Balaban J connectivity index is 1.28. The van der Waals surface area contributed by atoms with Crippen LogP contribution < -0.4 is 9.64 Å². The third-order valence-electron chi connectivity index (χ3n) is 7.04. The van der Waals surface area contributed by atoms with E-state index in [1.807, 2.05) is 18.2 Å². The second-order valence-corrected chi connectivity index (χ2v) is 11.6. The largest absolute Gasteiger partial charge is 0.494 e. The van der Waals surface area contributed by atoms with Crippen molar-refractivity contribution < 1.29 is 14.6 Å². The predicted molar refractivity (Wildman–Crippen MR) is 152 cm³/mol. The zero-order valence-electron chi connectivity index (χ0n) is 20.3. The number of hydrogen-bond acceptors (Lipinski definition) is 5. The Morgan fingerprint density at radius 3 is 2.54 bits per heavy atom. The molecule has 1 aliphatic rings. The number of fused-ring (bicyclic) bond motifs is 1. The second kappa shape index (κ2) is 11.3. The summed E-state index contributed by atoms with van der Waals surface area (Å²) >= 11 is 14.1. The number of aromatic nitrogens is 1. The first-order valence-corrected chi connectivity index (χ1v) is 13.9. The van der Waals surface area contributed by atoms with Gasteiger partial charge in [0.15, 0.2) is 5.13 Å². The minimum Gasteiger partial charge on any atom is -0.494 e. The number of hydrogen-bond donors (Lipinski definition) is 1. The molecule has 1 aliphatic heterocycles. The average molecular weight is 556 g/mol. The molecule has 0 amide bonds. The number of thiazole rings is 1. The van der Waals surface area contributed by atoms with Gasteiger partial charge < -0.3 is 14.7 Å². The minimum absolute atomic E-state index is 0.0807. The zero-order valence-corrected chi connectivity index (χ0v) is 22.7. The smallest absolute Gasteiger partial charge is 0.307 e. The molecule has 1 N–H and O–H groups in total. The summed E-state index contributed by atoms with van der Waals surface area (Å²) in [6, 6.07) is 21.7. The SMILES string of the molecule is O=C(O)Cc1cc(Cl)cc(OCCC2(Cc3ccccc3)CCN(c3nc4ccc(Cl)cc4s3)CC2)c1. The van der Waals surface area contributed by atoms with Gasteiger partial charge in [0.25, 0.3) is 0 Å². The van der Waals surface area contributed by atoms with Crippen LogP contribution in [0.2, 0.25) is 10.0 Å². The van der Waals surface area contributed by atoms with Gasteiger partial charge in [-0.05, 0) is 78.6 Å². The maximum Gasteiger partial charge on any atom is 0.307 e. The molecule has 0 bridgehead atoms. The standard InChI is InChI=1S/C29H28Cl2N2O3S/c30-22-6-7-25-26(18-22)37-28(32-25)33-11-8-29(9-12-33,19-20-4-2-1-3-5-20)10-13-36-24-15-21(16-27(34)35)14-23(31)17-24/h1-7,14-15,17-18H,8-13,16,19H2,(H,34,35). The second-order valence-electron chi connectivity index (χ2n) is 9.72. The fraction of sp³-hybridized carbons (Fsp3) is 0.310. The van der Waals surface area contributed by atoms with E-state index >= 15 is 0 Å². The lowest BCUT2D eigenvalue weighted by atomic mass is 9.71. The van der Waals surface area contributed by atoms with Crippen molar-refractivity contribution in [3.63, 3.8) is 0 Å². The number of rotatable bonds is 9. The number of ether oxygens (including phenoxy) is 1. The van der Waals surface area contributed by atoms with E-state index in [0.29, 0.717) is 22.9 Å². The highest BCUT2D eigenvalue weighted by atomic mass is 35.5. The van der Waals surface area contributed by atoms with Crippen LogP contribution in [0.25, 0.3) is 10.2 Å². The van der Waals surface area contributed by atoms with E-state index in [0.717, 1.165) is 59.1 Å². The Bertz CT molecular complexity index is 1380. The van der Waals surface area contributed by atoms with Crippen LogP contribution in [0.3, 0.4) is 0 Å². The highest BCUT2D eigenvalue weighted by Gasteiger charge is 2.35. The number of benzene rings is 3. The van der Waals surface area contributed by atoms with E-state index in [1.165, 1.54) is 5.56 Å². The Hall–Kier alpha value is -2.80. The lowest BCUT2D eigenvalue weighted by Crippen LogP contribution is -2.42. The number of carboxylic acids is 1. The molecule has 192 valence electrons. The molecule has 0 atom stereocenters. The van der Waals surface area contributed by atoms with Crippen molar-refractivity contribution in [1.29, 1.82) is 0 Å². The molecule has 5 rings (SSSR count). The number of carbonyl (C=O) groups is 1. The molecule has 5 nitrogen and oxygen atoms in total. The van der Waals surface area contributed by atoms with Crippen LogP contribution in [0.1, 0.15) is 30.4 Å². The first-order chi connectivity index (χ1) is 17.9. The number of carboxylic acid groups (broad SMARTS) is 1. The number of nitrogens with zero attached hydrogens (tertiary/aromatic N) is 2. The van der Waals surface area contributed by atoms with Gasteiger partial charge in [-0.3, -0.25) is 4.79 Å². The van der Waals surface area contributed by atoms with Gasteiger partial charge >= 0.3 is 5.97 Å². The molecule has 8 heteroatoms. The Labute approximate surface area is 230 Å². The molecule has 1 fully saturated rings. The Morgan fingerprint density at radius 1 is 1.00 bits per heavy atom. The molecular formula is C29H28Cl2N2O3S. The molecule has 0 aliphatic carbocycles. The summed E-state index contributed by atoms with van der Waals surface area (Å²) in [7, 11) is 0. The van der Waals surface area contributed by atoms with Gasteiger partial charge in [0.2, 0.25) is 0 Å². The van der Waals surface area contributed by atoms with Crippen molar-refractivity contribution in [1.82, 2.24) is 4.98 Å². The molecule has 1 aromatic heterocycles. The third kappa shape index (κ3) is 6.56. The van der Waals surface area contributed by atoms with Gasteiger partial charge in [0.05, 0.1) is 23.2 Å². The molecular weight excluding hydrogens is 527 g/mol. The van der Waals surface area contributed by atoms with Gasteiger partial charge in [-0.1, -0.05) is 64.9 Å². The predicted octanol–water partition coefficient (Wildman–Crippen LogP) is 7.53. The van der Waals surface area contributed by atoms with Gasteiger partial charge in [0, 0.05) is 23.1 Å². The molecule has 0 saturated carbocycles. The fourth-order valence-corrected chi connectivity index (χ4v) is 6.65. The highest BCUT2D eigenvalue weighted by molar-refractivity contribution is 7.22. The summed E-state index contributed by atoms with van der Waals surface area (Å²) in [5.41, 5.74) is 3.06. The quantitative estimate of drug-likeness (QED) is 0.231. The summed E-state index contributed by atoms with van der Waals surface area (Å²) in [6.07, 6.45) is 3.86. The average Bonchev–Trinajstić information content (AvgIpc) is 3.27. The molecule has 3 aromatic carbocycles. The van der Waals surface area contributed by atoms with Crippen molar-refractivity contribution in [3.05, 3.63) is 87.9 Å². The van der Waals surface area contributed by atoms with E-state index < -0.39 is 5.97 Å². The van der Waals surface area contributed by atoms with Crippen LogP contribution in [0.15, 0.2) is 66.7 Å². The van der Waals surface area contributed by atoms with Crippen LogP contribution in [0, 0.1) is 5.41 Å². The summed E-state index contributed by atoms with van der Waals surface area (Å²) in [5.74, 6) is -0.276. The lowest BCUT2D eigenvalue weighted by Gasteiger charge is -2.42. The van der Waals surface area contributed by atoms with E-state index in [2.05, 4.69) is 35.2 Å². The lowest BCUT2D eigenvalue weighted by molar-refractivity contribution is -0.136. The third-order valence-corrected chi connectivity index (χ3v) is 8.58. The van der Waals surface area contributed by atoms with Crippen LogP contribution in [-0.4, -0.2) is 35.8 Å². The minimum atomic E-state index is -0.891. The maximum absolute atomic E-state index is 11.1. The van der Waals surface area contributed by atoms with E-state index in [9.17, 15) is 4.79 Å².